The molecule has 1 atom stereocenters. The first kappa shape index (κ1) is 14.7. The summed E-state index contributed by atoms with van der Waals surface area (Å²) in [6, 6.07) is 1.38. The van der Waals surface area contributed by atoms with E-state index in [2.05, 4.69) is 5.32 Å². The number of ether oxygens (including phenoxy) is 1. The van der Waals surface area contributed by atoms with Gasteiger partial charge in [-0.15, -0.1) is 0 Å². The lowest BCUT2D eigenvalue weighted by molar-refractivity contribution is -0.103. The lowest BCUT2D eigenvalue weighted by Crippen LogP contribution is -2.45. The molecule has 3 rings (SSSR count). The van der Waals surface area contributed by atoms with Gasteiger partial charge in [0.05, 0.1) is 5.60 Å². The molecule has 5 heteroatoms. The zero-order valence-electron chi connectivity index (χ0n) is 11.9. The quantitative estimate of drug-likeness (QED) is 0.874. The van der Waals surface area contributed by atoms with Crippen LogP contribution in [-0.4, -0.2) is 18.2 Å². The zero-order chi connectivity index (χ0) is 14.9. The van der Waals surface area contributed by atoms with Gasteiger partial charge in [-0.3, -0.25) is 0 Å². The third-order valence-corrected chi connectivity index (χ3v) is 4.61. The minimum Gasteiger partial charge on any atom is -0.377 e. The summed E-state index contributed by atoms with van der Waals surface area (Å²) in [6.45, 7) is 0.599. The van der Waals surface area contributed by atoms with Crippen molar-refractivity contribution in [3.8, 4) is 0 Å². The van der Waals surface area contributed by atoms with Crippen LogP contribution >= 0.6 is 0 Å². The molecule has 1 saturated heterocycles. The number of benzene rings is 1. The minimum absolute atomic E-state index is 0.0358. The van der Waals surface area contributed by atoms with Crippen molar-refractivity contribution in [2.45, 2.75) is 56.6 Å². The number of rotatable bonds is 2. The van der Waals surface area contributed by atoms with E-state index in [-0.39, 0.29) is 17.3 Å². The van der Waals surface area contributed by atoms with Gasteiger partial charge in [0.15, 0.2) is 11.6 Å². The fraction of sp³-hybridized carbons (Fsp3) is 0.625. The Morgan fingerprint density at radius 2 is 1.71 bits per heavy atom. The number of anilines is 1. The summed E-state index contributed by atoms with van der Waals surface area (Å²) < 4.78 is 46.4. The molecule has 2 fully saturated rings. The summed E-state index contributed by atoms with van der Waals surface area (Å²) in [5, 5.41) is 2.92. The van der Waals surface area contributed by atoms with Crippen molar-refractivity contribution in [3.05, 3.63) is 29.6 Å². The van der Waals surface area contributed by atoms with Crippen molar-refractivity contribution in [3.63, 3.8) is 0 Å². The Morgan fingerprint density at radius 3 is 2.38 bits per heavy atom. The molecule has 0 radical (unpaired) electrons. The summed E-state index contributed by atoms with van der Waals surface area (Å²) in [5.74, 6) is -2.65. The number of hydrogen-bond acceptors (Lipinski definition) is 2. The van der Waals surface area contributed by atoms with Gasteiger partial charge in [-0.1, -0.05) is 19.3 Å². The van der Waals surface area contributed by atoms with E-state index in [0.717, 1.165) is 32.1 Å². The molecule has 116 valence electrons. The summed E-state index contributed by atoms with van der Waals surface area (Å²) in [7, 11) is 0. The Labute approximate surface area is 122 Å². The first-order valence-corrected chi connectivity index (χ1v) is 7.63. The number of halogens is 3. The van der Waals surface area contributed by atoms with Crippen LogP contribution in [-0.2, 0) is 4.74 Å². The van der Waals surface area contributed by atoms with Gasteiger partial charge in [0, 0.05) is 24.8 Å². The fourth-order valence-electron chi connectivity index (χ4n) is 3.58. The molecule has 1 unspecified atom stereocenters. The van der Waals surface area contributed by atoms with Crippen LogP contribution in [0.25, 0.3) is 0 Å². The molecule has 2 aliphatic rings. The average Bonchev–Trinajstić information content (AvgIpc) is 2.44. The molecule has 21 heavy (non-hydrogen) atoms. The van der Waals surface area contributed by atoms with Crippen molar-refractivity contribution >= 4 is 5.69 Å². The van der Waals surface area contributed by atoms with Gasteiger partial charge < -0.3 is 10.1 Å². The highest BCUT2D eigenvalue weighted by atomic mass is 19.1. The van der Waals surface area contributed by atoms with Crippen molar-refractivity contribution in [1.82, 2.24) is 0 Å². The zero-order valence-corrected chi connectivity index (χ0v) is 11.9. The highest BCUT2D eigenvalue weighted by molar-refractivity contribution is 5.47. The van der Waals surface area contributed by atoms with Crippen LogP contribution in [0.3, 0.4) is 0 Å². The fourth-order valence-corrected chi connectivity index (χ4v) is 3.58. The molecule has 1 aliphatic heterocycles. The maximum absolute atomic E-state index is 13.7. The van der Waals surface area contributed by atoms with Gasteiger partial charge in [-0.05, 0) is 25.7 Å². The Hall–Kier alpha value is -1.23. The van der Waals surface area contributed by atoms with Crippen molar-refractivity contribution in [2.75, 3.05) is 11.9 Å². The molecule has 1 saturated carbocycles. The van der Waals surface area contributed by atoms with Gasteiger partial charge in [-0.25, -0.2) is 13.2 Å². The second kappa shape index (κ2) is 5.87. The lowest BCUT2D eigenvalue weighted by Gasteiger charge is -2.44. The molecule has 1 heterocycles. The normalized spacial score (nSPS) is 25.0. The third-order valence-electron chi connectivity index (χ3n) is 4.61. The Morgan fingerprint density at radius 1 is 1.05 bits per heavy atom. The topological polar surface area (TPSA) is 21.3 Å². The molecule has 0 bridgehead atoms. The number of nitrogens with one attached hydrogen (secondary N) is 1. The van der Waals surface area contributed by atoms with E-state index < -0.39 is 17.5 Å². The van der Waals surface area contributed by atoms with Crippen LogP contribution in [0.2, 0.25) is 0 Å². The first-order chi connectivity index (χ1) is 10.1. The Bertz CT molecular complexity index is 486. The Balaban J connectivity index is 1.73. The van der Waals surface area contributed by atoms with Gasteiger partial charge >= 0.3 is 0 Å². The van der Waals surface area contributed by atoms with Gasteiger partial charge in [0.25, 0.3) is 0 Å². The molecule has 1 aromatic rings. The molecule has 1 spiro atoms. The van der Waals surface area contributed by atoms with Crippen molar-refractivity contribution in [1.29, 1.82) is 0 Å². The molecule has 0 aromatic heterocycles. The maximum atomic E-state index is 13.7. The van der Waals surface area contributed by atoms with Gasteiger partial charge in [0.2, 0.25) is 0 Å². The van der Waals surface area contributed by atoms with Crippen molar-refractivity contribution < 1.29 is 17.9 Å². The lowest BCUT2D eigenvalue weighted by atomic mass is 9.78. The molecule has 2 nitrogen and oxygen atoms in total. The summed E-state index contributed by atoms with van der Waals surface area (Å²) in [4.78, 5) is 0. The molecule has 1 aliphatic carbocycles. The van der Waals surface area contributed by atoms with Crippen molar-refractivity contribution in [2.24, 2.45) is 0 Å². The molecule has 1 aromatic carbocycles. The van der Waals surface area contributed by atoms with Crippen LogP contribution in [0.15, 0.2) is 12.1 Å². The summed E-state index contributed by atoms with van der Waals surface area (Å²) in [5.41, 5.74) is -0.365. The molecular weight excluding hydrogens is 279 g/mol. The van der Waals surface area contributed by atoms with E-state index in [1.807, 2.05) is 0 Å². The monoisotopic (exact) mass is 299 g/mol. The average molecular weight is 299 g/mol. The second-order valence-corrected chi connectivity index (χ2v) is 6.17. The number of hydrogen-bond donors (Lipinski definition) is 1. The largest absolute Gasteiger partial charge is 0.377 e. The predicted octanol–water partition coefficient (Wildman–Crippen LogP) is 4.40. The first-order valence-electron chi connectivity index (χ1n) is 7.63. The highest BCUT2D eigenvalue weighted by Gasteiger charge is 2.38. The van der Waals surface area contributed by atoms with E-state index >= 15 is 0 Å². The summed E-state index contributed by atoms with van der Waals surface area (Å²) >= 11 is 0. The Kier molecular flexibility index (Phi) is 4.11. The highest BCUT2D eigenvalue weighted by Crippen LogP contribution is 2.39. The van der Waals surface area contributed by atoms with Gasteiger partial charge in [-0.2, -0.15) is 0 Å². The van der Waals surface area contributed by atoms with E-state index in [9.17, 15) is 13.2 Å². The molecule has 0 amide bonds. The van der Waals surface area contributed by atoms with Crippen LogP contribution in [0.1, 0.15) is 44.9 Å². The molecule has 1 N–H and O–H groups in total. The van der Waals surface area contributed by atoms with E-state index in [1.165, 1.54) is 6.42 Å². The SMILES string of the molecule is Fc1cc(F)c(NC2CCOC3(CCCCC3)C2)c(F)c1. The minimum atomic E-state index is -0.897. The third kappa shape index (κ3) is 3.18. The van der Waals surface area contributed by atoms with Crippen LogP contribution in [0, 0.1) is 17.5 Å². The second-order valence-electron chi connectivity index (χ2n) is 6.17. The molecular formula is C16H20F3NO. The smallest absolute Gasteiger partial charge is 0.152 e. The van der Waals surface area contributed by atoms with Crippen LogP contribution < -0.4 is 5.32 Å². The van der Waals surface area contributed by atoms with E-state index in [4.69, 9.17) is 4.74 Å². The standard InChI is InChI=1S/C16H20F3NO/c17-11-8-13(18)15(14(19)9-11)20-12-4-7-21-16(10-12)5-2-1-3-6-16/h8-9,12,20H,1-7,10H2. The van der Waals surface area contributed by atoms with Crippen LogP contribution in [0.4, 0.5) is 18.9 Å². The summed E-state index contributed by atoms with van der Waals surface area (Å²) in [6.07, 6.45) is 7.00. The van der Waals surface area contributed by atoms with Gasteiger partial charge in [0.1, 0.15) is 11.5 Å². The van der Waals surface area contributed by atoms with Crippen LogP contribution in [0.5, 0.6) is 0 Å². The maximum Gasteiger partial charge on any atom is 0.152 e. The van der Waals surface area contributed by atoms with E-state index in [1.54, 1.807) is 0 Å². The predicted molar refractivity (Wildman–Crippen MR) is 74.7 cm³/mol. The van der Waals surface area contributed by atoms with E-state index in [0.29, 0.717) is 25.2 Å².